The summed E-state index contributed by atoms with van der Waals surface area (Å²) in [6, 6.07) is 5.85. The van der Waals surface area contributed by atoms with E-state index in [-0.39, 0.29) is 48.3 Å². The van der Waals surface area contributed by atoms with Crippen molar-refractivity contribution in [3.63, 3.8) is 0 Å². The highest BCUT2D eigenvalue weighted by Crippen LogP contribution is 2.49. The number of hydrogen-bond acceptors (Lipinski definition) is 8. The predicted molar refractivity (Wildman–Crippen MR) is 108 cm³/mol. The number of rotatable bonds is 7. The highest BCUT2D eigenvalue weighted by molar-refractivity contribution is 7.47. The largest absolute Gasteiger partial charge is 0.527 e. The van der Waals surface area contributed by atoms with E-state index in [0.717, 1.165) is 0 Å². The van der Waals surface area contributed by atoms with Crippen LogP contribution in [0.4, 0.5) is 5.95 Å². The van der Waals surface area contributed by atoms with E-state index in [1.165, 1.54) is 18.5 Å². The molecule has 0 bridgehead atoms. The minimum atomic E-state index is -4.37. The number of phosphoric acid groups is 1. The summed E-state index contributed by atoms with van der Waals surface area (Å²) in [5, 5.41) is 10.2. The SMILES string of the molecule is Nc1nc2c(ncn2[C@@H]2C[C@H](COP(=O)(O)Oc3cccc(Cl)c3)[C@@H]2CO)c(=O)[nH]1. The number of nitrogens with two attached hydrogens (primary N) is 1. The van der Waals surface area contributed by atoms with Crippen molar-refractivity contribution >= 4 is 36.5 Å². The van der Waals surface area contributed by atoms with Crippen LogP contribution in [0.2, 0.25) is 5.02 Å². The van der Waals surface area contributed by atoms with Crippen LogP contribution in [0.5, 0.6) is 5.75 Å². The number of nitrogens with zero attached hydrogens (tertiary/aromatic N) is 3. The first kappa shape index (κ1) is 20.8. The van der Waals surface area contributed by atoms with E-state index >= 15 is 0 Å². The Kier molecular flexibility index (Phi) is 5.56. The van der Waals surface area contributed by atoms with E-state index in [9.17, 15) is 19.4 Å². The van der Waals surface area contributed by atoms with Gasteiger partial charge in [-0.3, -0.25) is 19.2 Å². The smallest absolute Gasteiger partial charge is 0.404 e. The van der Waals surface area contributed by atoms with Crippen LogP contribution in [0.15, 0.2) is 35.4 Å². The molecule has 1 saturated carbocycles. The second kappa shape index (κ2) is 8.01. The topological polar surface area (TPSA) is 166 Å². The summed E-state index contributed by atoms with van der Waals surface area (Å²) in [5.41, 5.74) is 5.63. The Morgan fingerprint density at radius 1 is 1.43 bits per heavy atom. The Morgan fingerprint density at radius 2 is 2.23 bits per heavy atom. The molecule has 2 heterocycles. The number of halogens is 1. The van der Waals surface area contributed by atoms with Gasteiger partial charge in [-0.1, -0.05) is 17.7 Å². The van der Waals surface area contributed by atoms with Crippen molar-refractivity contribution in [1.82, 2.24) is 19.5 Å². The lowest BCUT2D eigenvalue weighted by Gasteiger charge is -2.44. The molecule has 2 aromatic heterocycles. The molecule has 1 fully saturated rings. The molecule has 0 amide bonds. The van der Waals surface area contributed by atoms with Crippen molar-refractivity contribution in [3.05, 3.63) is 46.0 Å². The monoisotopic (exact) mass is 455 g/mol. The lowest BCUT2D eigenvalue weighted by molar-refractivity contribution is -0.00487. The molecule has 11 nitrogen and oxygen atoms in total. The molecule has 0 aliphatic heterocycles. The van der Waals surface area contributed by atoms with Crippen molar-refractivity contribution in [3.8, 4) is 5.75 Å². The van der Waals surface area contributed by atoms with E-state index in [2.05, 4.69) is 15.0 Å². The summed E-state index contributed by atoms with van der Waals surface area (Å²) in [6.07, 6.45) is 1.98. The number of aromatic amines is 1. The van der Waals surface area contributed by atoms with Gasteiger partial charge in [-0.05, 0) is 30.5 Å². The number of fused-ring (bicyclic) bond motifs is 1. The van der Waals surface area contributed by atoms with Gasteiger partial charge in [0.25, 0.3) is 5.56 Å². The van der Waals surface area contributed by atoms with Crippen molar-refractivity contribution in [2.75, 3.05) is 18.9 Å². The van der Waals surface area contributed by atoms with Crippen molar-refractivity contribution < 1.29 is 23.6 Å². The zero-order valence-electron chi connectivity index (χ0n) is 15.5. The number of aliphatic hydroxyl groups is 1. The van der Waals surface area contributed by atoms with Crippen molar-refractivity contribution in [2.24, 2.45) is 11.8 Å². The second-order valence-corrected chi connectivity index (χ2v) is 8.81. The molecule has 1 aliphatic rings. The van der Waals surface area contributed by atoms with Gasteiger partial charge in [-0.25, -0.2) is 9.55 Å². The van der Waals surface area contributed by atoms with Crippen LogP contribution in [-0.2, 0) is 9.09 Å². The van der Waals surface area contributed by atoms with E-state index < -0.39 is 13.4 Å². The number of hydrogen-bond donors (Lipinski definition) is 4. The predicted octanol–water partition coefficient (Wildman–Crippen LogP) is 1.72. The number of anilines is 1. The second-order valence-electron chi connectivity index (χ2n) is 7.00. The average Bonchev–Trinajstić information content (AvgIpc) is 3.04. The van der Waals surface area contributed by atoms with Gasteiger partial charge in [0.05, 0.1) is 12.9 Å². The lowest BCUT2D eigenvalue weighted by atomic mass is 9.70. The number of nitrogens with one attached hydrogen (secondary N) is 1. The Morgan fingerprint density at radius 3 is 2.97 bits per heavy atom. The number of nitrogen functional groups attached to an aromatic ring is 1. The number of imidazole rings is 1. The van der Waals surface area contributed by atoms with Crippen LogP contribution in [0.1, 0.15) is 12.5 Å². The minimum absolute atomic E-state index is 0.0339. The van der Waals surface area contributed by atoms with E-state index in [0.29, 0.717) is 17.1 Å². The van der Waals surface area contributed by atoms with E-state index in [1.807, 2.05) is 0 Å². The summed E-state index contributed by atoms with van der Waals surface area (Å²) >= 11 is 5.83. The molecule has 1 aliphatic carbocycles. The maximum Gasteiger partial charge on any atom is 0.527 e. The molecular weight excluding hydrogens is 437 g/mol. The van der Waals surface area contributed by atoms with Crippen molar-refractivity contribution in [2.45, 2.75) is 12.5 Å². The fourth-order valence-electron chi connectivity index (χ4n) is 3.62. The van der Waals surface area contributed by atoms with Crippen LogP contribution in [0.3, 0.4) is 0 Å². The van der Waals surface area contributed by atoms with Gasteiger partial charge >= 0.3 is 7.82 Å². The average molecular weight is 456 g/mol. The standard InChI is InChI=1S/C17H19ClN5O6P/c18-10-2-1-3-11(5-10)29-30(26,27)28-7-9-4-13(12(9)6-24)23-8-20-14-15(23)21-17(19)22-16(14)25/h1-3,5,8-9,12-13,24H,4,6-7H2,(H,26,27)(H3,19,21,22,25)/t9-,12+,13-/m1/s1. The van der Waals surface area contributed by atoms with E-state index in [1.54, 1.807) is 16.7 Å². The molecule has 30 heavy (non-hydrogen) atoms. The van der Waals surface area contributed by atoms with Gasteiger partial charge in [0.2, 0.25) is 5.95 Å². The van der Waals surface area contributed by atoms with Gasteiger partial charge in [0.1, 0.15) is 5.75 Å². The zero-order valence-corrected chi connectivity index (χ0v) is 17.2. The molecule has 0 saturated heterocycles. The summed E-state index contributed by atoms with van der Waals surface area (Å²) in [7, 11) is -4.37. The maximum absolute atomic E-state index is 12.2. The summed E-state index contributed by atoms with van der Waals surface area (Å²) in [4.78, 5) is 32.5. The minimum Gasteiger partial charge on any atom is -0.404 e. The van der Waals surface area contributed by atoms with Crippen LogP contribution in [0.25, 0.3) is 11.2 Å². The van der Waals surface area contributed by atoms with Gasteiger partial charge in [-0.2, -0.15) is 4.98 Å². The third kappa shape index (κ3) is 4.07. The molecule has 0 spiro atoms. The molecular formula is C17H19ClN5O6P. The normalized spacial score (nSPS) is 23.1. The fraction of sp³-hybridized carbons (Fsp3) is 0.353. The fourth-order valence-corrected chi connectivity index (χ4v) is 4.61. The third-order valence-corrected chi connectivity index (χ3v) is 6.28. The first-order chi connectivity index (χ1) is 14.3. The number of aromatic nitrogens is 4. The third-order valence-electron chi connectivity index (χ3n) is 5.13. The first-order valence-corrected chi connectivity index (χ1v) is 10.9. The lowest BCUT2D eigenvalue weighted by Crippen LogP contribution is -2.43. The highest BCUT2D eigenvalue weighted by atomic mass is 35.5. The summed E-state index contributed by atoms with van der Waals surface area (Å²) < 4.78 is 24.0. The highest BCUT2D eigenvalue weighted by Gasteiger charge is 2.44. The van der Waals surface area contributed by atoms with Crippen LogP contribution >= 0.6 is 19.4 Å². The number of H-pyrrole nitrogens is 1. The molecule has 3 aromatic rings. The van der Waals surface area contributed by atoms with Crippen molar-refractivity contribution in [1.29, 1.82) is 0 Å². The molecule has 1 unspecified atom stereocenters. The molecule has 4 rings (SSSR count). The van der Waals surface area contributed by atoms with Gasteiger partial charge < -0.3 is 19.9 Å². The van der Waals surface area contributed by atoms with Crippen LogP contribution in [-0.4, -0.2) is 42.7 Å². The Balaban J connectivity index is 1.43. The van der Waals surface area contributed by atoms with Crippen LogP contribution in [0, 0.1) is 11.8 Å². The van der Waals surface area contributed by atoms with Gasteiger partial charge in [0, 0.05) is 23.6 Å². The Hall–Kier alpha value is -2.43. The number of aliphatic hydroxyl groups excluding tert-OH is 1. The molecule has 4 atom stereocenters. The molecule has 1 aromatic carbocycles. The summed E-state index contributed by atoms with van der Waals surface area (Å²) in [6.45, 7) is -0.291. The molecule has 160 valence electrons. The summed E-state index contributed by atoms with van der Waals surface area (Å²) in [5.74, 6) is -0.429. The number of phosphoric ester groups is 1. The van der Waals surface area contributed by atoms with E-state index in [4.69, 9.17) is 26.4 Å². The first-order valence-electron chi connectivity index (χ1n) is 9.03. The molecule has 0 radical (unpaired) electrons. The zero-order chi connectivity index (χ0) is 21.5. The number of benzene rings is 1. The Labute approximate surface area is 175 Å². The van der Waals surface area contributed by atoms with Gasteiger partial charge in [0.15, 0.2) is 11.2 Å². The quantitative estimate of drug-likeness (QED) is 0.388. The molecule has 13 heteroatoms. The Bertz CT molecular complexity index is 1180. The molecule has 5 N–H and O–H groups in total. The van der Waals surface area contributed by atoms with Crippen LogP contribution < -0.4 is 15.8 Å². The van der Waals surface area contributed by atoms with Gasteiger partial charge in [-0.15, -0.1) is 0 Å². The maximum atomic E-state index is 12.2.